The molecular weight excluding hydrogens is 293 g/mol. The van der Waals surface area contributed by atoms with Crippen LogP contribution in [0.1, 0.15) is 25.6 Å². The number of hydrogen-bond acceptors (Lipinski definition) is 3. The number of aromatic nitrogens is 3. The number of nitrogens with zero attached hydrogens (tertiary/aromatic N) is 3. The lowest BCUT2D eigenvalue weighted by molar-refractivity contribution is 0.0217. The van der Waals surface area contributed by atoms with E-state index in [0.717, 1.165) is 0 Å². The van der Waals surface area contributed by atoms with E-state index in [0.29, 0.717) is 10.6 Å². The summed E-state index contributed by atoms with van der Waals surface area (Å²) in [6.45, 7) is 7.05. The summed E-state index contributed by atoms with van der Waals surface area (Å²) < 4.78 is 16.1. The third-order valence-corrected chi connectivity index (χ3v) is 3.80. The van der Waals surface area contributed by atoms with Gasteiger partial charge in [0.2, 0.25) is 0 Å². The van der Waals surface area contributed by atoms with Gasteiger partial charge in [-0.05, 0) is 17.7 Å². The molecule has 0 amide bonds. The Balaban J connectivity index is 2.23. The number of aliphatic hydroxyl groups excluding tert-OH is 1. The Labute approximate surface area is 127 Å². The van der Waals surface area contributed by atoms with Gasteiger partial charge >= 0.3 is 0 Å². The second-order valence-corrected chi connectivity index (χ2v) is 5.91. The zero-order valence-corrected chi connectivity index (χ0v) is 12.6. The predicted molar refractivity (Wildman–Crippen MR) is 80.4 cm³/mol. The van der Waals surface area contributed by atoms with E-state index in [1.807, 2.05) is 0 Å². The number of alkyl halides is 1. The van der Waals surface area contributed by atoms with E-state index in [2.05, 4.69) is 16.7 Å². The van der Waals surface area contributed by atoms with Gasteiger partial charge in [0.25, 0.3) is 0 Å². The molecule has 0 bridgehead atoms. The first kappa shape index (κ1) is 15.7. The van der Waals surface area contributed by atoms with Crippen LogP contribution in [0.2, 0.25) is 5.02 Å². The van der Waals surface area contributed by atoms with Crippen LogP contribution in [0.15, 0.2) is 43.5 Å². The van der Waals surface area contributed by atoms with Crippen molar-refractivity contribution in [3.05, 3.63) is 54.1 Å². The molecule has 0 aliphatic carbocycles. The Morgan fingerprint density at radius 1 is 1.38 bits per heavy atom. The van der Waals surface area contributed by atoms with Crippen LogP contribution in [-0.4, -0.2) is 26.0 Å². The Morgan fingerprint density at radius 2 is 2.00 bits per heavy atom. The van der Waals surface area contributed by atoms with Gasteiger partial charge in [0, 0.05) is 10.4 Å². The zero-order valence-electron chi connectivity index (χ0n) is 11.9. The fraction of sp³-hybridized carbons (Fsp3) is 0.333. The van der Waals surface area contributed by atoms with E-state index < -0.39 is 17.7 Å². The standard InChI is InChI=1S/C15H17ClFN3O/c1-10(20-9-18-8-19-20)14(21)15(2,3)13(17)11-4-6-12(16)7-5-11/h4-9,13-14,21H,1H2,2-3H3. The van der Waals surface area contributed by atoms with Crippen LogP contribution in [0.3, 0.4) is 0 Å². The van der Waals surface area contributed by atoms with E-state index in [-0.39, 0.29) is 5.70 Å². The van der Waals surface area contributed by atoms with Crippen molar-refractivity contribution in [3.63, 3.8) is 0 Å². The maximum absolute atomic E-state index is 14.8. The average Bonchev–Trinajstić information content (AvgIpc) is 3.00. The second kappa shape index (κ2) is 5.95. The predicted octanol–water partition coefficient (Wildman–Crippen LogP) is 3.50. The van der Waals surface area contributed by atoms with Crippen molar-refractivity contribution in [3.8, 4) is 0 Å². The molecule has 2 unspecified atom stereocenters. The highest BCUT2D eigenvalue weighted by molar-refractivity contribution is 6.30. The summed E-state index contributed by atoms with van der Waals surface area (Å²) >= 11 is 5.81. The van der Waals surface area contributed by atoms with Crippen LogP contribution < -0.4 is 0 Å². The van der Waals surface area contributed by atoms with Crippen molar-refractivity contribution >= 4 is 17.3 Å². The molecule has 0 saturated heterocycles. The van der Waals surface area contributed by atoms with E-state index in [1.165, 1.54) is 17.3 Å². The number of benzene rings is 1. The summed E-state index contributed by atoms with van der Waals surface area (Å²) in [6.07, 6.45) is 0.240. The van der Waals surface area contributed by atoms with Crippen molar-refractivity contribution in [2.24, 2.45) is 5.41 Å². The third kappa shape index (κ3) is 3.14. The first-order valence-corrected chi connectivity index (χ1v) is 6.83. The molecular formula is C15H17ClFN3O. The molecule has 0 aliphatic heterocycles. The average molecular weight is 310 g/mol. The lowest BCUT2D eigenvalue weighted by Gasteiger charge is -2.34. The fourth-order valence-corrected chi connectivity index (χ4v) is 2.24. The highest BCUT2D eigenvalue weighted by Gasteiger charge is 2.40. The van der Waals surface area contributed by atoms with Crippen molar-refractivity contribution in [1.29, 1.82) is 0 Å². The van der Waals surface area contributed by atoms with Gasteiger partial charge in [0.15, 0.2) is 0 Å². The van der Waals surface area contributed by atoms with Crippen LogP contribution in [0, 0.1) is 5.41 Å². The van der Waals surface area contributed by atoms with Gasteiger partial charge in [-0.25, -0.2) is 14.1 Å². The topological polar surface area (TPSA) is 50.9 Å². The minimum atomic E-state index is -1.38. The summed E-state index contributed by atoms with van der Waals surface area (Å²) in [7, 11) is 0. The maximum atomic E-state index is 14.8. The van der Waals surface area contributed by atoms with Crippen molar-refractivity contribution in [2.45, 2.75) is 26.1 Å². The van der Waals surface area contributed by atoms with Gasteiger partial charge < -0.3 is 5.11 Å². The van der Waals surface area contributed by atoms with Crippen molar-refractivity contribution in [1.82, 2.24) is 14.8 Å². The SMILES string of the molecule is C=C(C(O)C(C)(C)C(F)c1ccc(Cl)cc1)n1cncn1. The van der Waals surface area contributed by atoms with Gasteiger partial charge in [-0.2, -0.15) is 5.10 Å². The second-order valence-electron chi connectivity index (χ2n) is 5.47. The fourth-order valence-electron chi connectivity index (χ4n) is 2.11. The van der Waals surface area contributed by atoms with Crippen LogP contribution in [0.25, 0.3) is 5.70 Å². The molecule has 2 aromatic rings. The van der Waals surface area contributed by atoms with Gasteiger partial charge in [-0.15, -0.1) is 0 Å². The van der Waals surface area contributed by atoms with Gasteiger partial charge in [-0.3, -0.25) is 0 Å². The van der Waals surface area contributed by atoms with Crippen LogP contribution in [0.5, 0.6) is 0 Å². The van der Waals surface area contributed by atoms with E-state index >= 15 is 0 Å². The monoisotopic (exact) mass is 309 g/mol. The van der Waals surface area contributed by atoms with Crippen LogP contribution in [0.4, 0.5) is 4.39 Å². The summed E-state index contributed by atoms with van der Waals surface area (Å²) in [5.74, 6) is 0. The molecule has 0 spiro atoms. The molecule has 0 fully saturated rings. The molecule has 2 rings (SSSR count). The molecule has 0 saturated carbocycles. The number of hydrogen-bond donors (Lipinski definition) is 1. The summed E-state index contributed by atoms with van der Waals surface area (Å²) in [6, 6.07) is 6.47. The van der Waals surface area contributed by atoms with Gasteiger partial charge in [0.05, 0.1) is 5.70 Å². The van der Waals surface area contributed by atoms with Crippen molar-refractivity contribution in [2.75, 3.05) is 0 Å². The van der Waals surface area contributed by atoms with Gasteiger partial charge in [-0.1, -0.05) is 44.2 Å². The quantitative estimate of drug-likeness (QED) is 0.919. The lowest BCUT2D eigenvalue weighted by Crippen LogP contribution is -2.36. The zero-order chi connectivity index (χ0) is 15.6. The first-order chi connectivity index (χ1) is 9.84. The summed E-state index contributed by atoms with van der Waals surface area (Å²) in [5, 5.41) is 14.9. The molecule has 2 atom stereocenters. The Morgan fingerprint density at radius 3 is 2.52 bits per heavy atom. The minimum Gasteiger partial charge on any atom is -0.386 e. The van der Waals surface area contributed by atoms with E-state index in [1.54, 1.807) is 38.1 Å². The molecule has 4 nitrogen and oxygen atoms in total. The first-order valence-electron chi connectivity index (χ1n) is 6.45. The molecule has 6 heteroatoms. The Kier molecular flexibility index (Phi) is 4.44. The number of aliphatic hydroxyl groups is 1. The van der Waals surface area contributed by atoms with E-state index in [9.17, 15) is 9.50 Å². The molecule has 1 N–H and O–H groups in total. The number of rotatable bonds is 5. The molecule has 1 heterocycles. The largest absolute Gasteiger partial charge is 0.386 e. The molecule has 21 heavy (non-hydrogen) atoms. The lowest BCUT2D eigenvalue weighted by atomic mass is 9.77. The molecule has 0 radical (unpaired) electrons. The summed E-state index contributed by atoms with van der Waals surface area (Å²) in [5.41, 5.74) is -0.361. The molecule has 1 aromatic carbocycles. The van der Waals surface area contributed by atoms with Crippen molar-refractivity contribution < 1.29 is 9.50 Å². The molecule has 1 aromatic heterocycles. The highest BCUT2D eigenvalue weighted by Crippen LogP contribution is 2.42. The Hall–Kier alpha value is -1.72. The van der Waals surface area contributed by atoms with Crippen LogP contribution >= 0.6 is 11.6 Å². The Bertz CT molecular complexity index is 610. The normalized spacial score (nSPS) is 14.7. The highest BCUT2D eigenvalue weighted by atomic mass is 35.5. The number of halogens is 2. The maximum Gasteiger partial charge on any atom is 0.138 e. The molecule has 112 valence electrons. The minimum absolute atomic E-state index is 0.272. The molecule has 0 aliphatic rings. The smallest absolute Gasteiger partial charge is 0.138 e. The van der Waals surface area contributed by atoms with Crippen LogP contribution in [-0.2, 0) is 0 Å². The van der Waals surface area contributed by atoms with Gasteiger partial charge in [0.1, 0.15) is 24.9 Å². The van der Waals surface area contributed by atoms with E-state index in [4.69, 9.17) is 11.6 Å². The third-order valence-electron chi connectivity index (χ3n) is 3.55. The summed E-state index contributed by atoms with van der Waals surface area (Å²) in [4.78, 5) is 3.79.